The summed E-state index contributed by atoms with van der Waals surface area (Å²) in [6.07, 6.45) is 1.49. The Morgan fingerprint density at radius 3 is 2.58 bits per heavy atom. The Morgan fingerprint density at radius 1 is 1.21 bits per heavy atom. The van der Waals surface area contributed by atoms with Crippen molar-refractivity contribution in [2.45, 2.75) is 27.4 Å². The van der Waals surface area contributed by atoms with Crippen LogP contribution in [-0.4, -0.2) is 10.1 Å². The highest BCUT2D eigenvalue weighted by molar-refractivity contribution is 6.31. The number of aromatic nitrogens is 1. The molecule has 1 N–H and O–H groups in total. The van der Waals surface area contributed by atoms with Crippen LogP contribution in [0.25, 0.3) is 0 Å². The Kier molecular flexibility index (Phi) is 4.08. The van der Waals surface area contributed by atoms with Gasteiger partial charge >= 0.3 is 0 Å². The van der Waals surface area contributed by atoms with Crippen molar-refractivity contribution in [2.24, 2.45) is 0 Å². The highest BCUT2D eigenvalue weighted by atomic mass is 35.5. The second kappa shape index (κ2) is 5.59. The van der Waals surface area contributed by atoms with Crippen molar-refractivity contribution in [3.8, 4) is 11.6 Å². The monoisotopic (exact) mass is 277 g/mol. The fourth-order valence-electron chi connectivity index (χ4n) is 1.82. The Hall–Kier alpha value is -1.58. The van der Waals surface area contributed by atoms with Gasteiger partial charge in [-0.25, -0.2) is 4.98 Å². The summed E-state index contributed by atoms with van der Waals surface area (Å²) in [7, 11) is 0. The maximum atomic E-state index is 9.19. The van der Waals surface area contributed by atoms with Gasteiger partial charge in [-0.2, -0.15) is 0 Å². The van der Waals surface area contributed by atoms with E-state index in [4.69, 9.17) is 16.3 Å². The standard InChI is InChI=1S/C15H16ClNO2/c1-9-4-5-10(2)15(11(9)3)19-14-6-12(8-18)13(16)7-17-14/h4-7,18H,8H2,1-3H3. The Labute approximate surface area is 117 Å². The molecule has 100 valence electrons. The minimum atomic E-state index is -0.135. The third kappa shape index (κ3) is 2.88. The molecule has 0 aliphatic heterocycles. The molecule has 0 atom stereocenters. The third-order valence-electron chi connectivity index (χ3n) is 3.16. The number of aryl methyl sites for hydroxylation is 2. The van der Waals surface area contributed by atoms with Crippen LogP contribution >= 0.6 is 11.6 Å². The molecule has 1 aromatic heterocycles. The van der Waals surface area contributed by atoms with Crippen LogP contribution in [0, 0.1) is 20.8 Å². The van der Waals surface area contributed by atoms with Crippen LogP contribution in [-0.2, 0) is 6.61 Å². The molecule has 19 heavy (non-hydrogen) atoms. The van der Waals surface area contributed by atoms with E-state index < -0.39 is 0 Å². The summed E-state index contributed by atoms with van der Waals surface area (Å²) >= 11 is 5.91. The zero-order valence-electron chi connectivity index (χ0n) is 11.2. The number of nitrogens with zero attached hydrogens (tertiary/aromatic N) is 1. The average Bonchev–Trinajstić information content (AvgIpc) is 2.41. The summed E-state index contributed by atoms with van der Waals surface area (Å²) in [6, 6.07) is 5.73. The van der Waals surface area contributed by atoms with Gasteiger partial charge in [0.15, 0.2) is 0 Å². The summed E-state index contributed by atoms with van der Waals surface area (Å²) < 4.78 is 5.84. The van der Waals surface area contributed by atoms with E-state index in [-0.39, 0.29) is 6.61 Å². The smallest absolute Gasteiger partial charge is 0.219 e. The van der Waals surface area contributed by atoms with Gasteiger partial charge in [0.05, 0.1) is 11.6 Å². The zero-order valence-corrected chi connectivity index (χ0v) is 12.0. The zero-order chi connectivity index (χ0) is 14.0. The lowest BCUT2D eigenvalue weighted by atomic mass is 10.1. The van der Waals surface area contributed by atoms with Gasteiger partial charge in [0.2, 0.25) is 5.88 Å². The third-order valence-corrected chi connectivity index (χ3v) is 3.50. The number of rotatable bonds is 3. The lowest BCUT2D eigenvalue weighted by molar-refractivity contribution is 0.281. The van der Waals surface area contributed by atoms with Crippen LogP contribution in [0.15, 0.2) is 24.4 Å². The highest BCUT2D eigenvalue weighted by Gasteiger charge is 2.10. The van der Waals surface area contributed by atoms with Gasteiger partial charge in [0, 0.05) is 17.8 Å². The van der Waals surface area contributed by atoms with Crippen molar-refractivity contribution in [2.75, 3.05) is 0 Å². The number of aliphatic hydroxyl groups is 1. The van der Waals surface area contributed by atoms with Gasteiger partial charge in [-0.05, 0) is 37.5 Å². The number of pyridine rings is 1. The first-order valence-electron chi connectivity index (χ1n) is 6.03. The molecular weight excluding hydrogens is 262 g/mol. The topological polar surface area (TPSA) is 42.4 Å². The summed E-state index contributed by atoms with van der Waals surface area (Å²) in [4.78, 5) is 4.13. The number of benzene rings is 1. The van der Waals surface area contributed by atoms with Crippen LogP contribution < -0.4 is 4.74 Å². The summed E-state index contributed by atoms with van der Waals surface area (Å²) in [5.41, 5.74) is 3.90. The van der Waals surface area contributed by atoms with Crippen molar-refractivity contribution in [1.29, 1.82) is 0 Å². The van der Waals surface area contributed by atoms with Crippen LogP contribution in [0.3, 0.4) is 0 Å². The van der Waals surface area contributed by atoms with E-state index in [9.17, 15) is 5.11 Å². The molecule has 2 aromatic rings. The van der Waals surface area contributed by atoms with Crippen molar-refractivity contribution in [1.82, 2.24) is 4.98 Å². The lowest BCUT2D eigenvalue weighted by Crippen LogP contribution is -1.96. The fourth-order valence-corrected chi connectivity index (χ4v) is 1.99. The fraction of sp³-hybridized carbons (Fsp3) is 0.267. The Bertz CT molecular complexity index is 611. The molecule has 3 nitrogen and oxygen atoms in total. The van der Waals surface area contributed by atoms with Gasteiger partial charge in [0.25, 0.3) is 0 Å². The second-order valence-corrected chi connectivity index (χ2v) is 4.93. The second-order valence-electron chi connectivity index (χ2n) is 4.53. The molecule has 0 saturated carbocycles. The Morgan fingerprint density at radius 2 is 1.89 bits per heavy atom. The van der Waals surface area contributed by atoms with E-state index >= 15 is 0 Å². The van der Waals surface area contributed by atoms with Crippen LogP contribution in [0.2, 0.25) is 5.02 Å². The van der Waals surface area contributed by atoms with Crippen LogP contribution in [0.4, 0.5) is 0 Å². The summed E-state index contributed by atoms with van der Waals surface area (Å²) in [6.45, 7) is 5.91. The molecule has 1 heterocycles. The molecule has 0 bridgehead atoms. The van der Waals surface area contributed by atoms with Gasteiger partial charge in [-0.3, -0.25) is 0 Å². The number of hydrogen-bond donors (Lipinski definition) is 1. The predicted molar refractivity (Wildman–Crippen MR) is 75.9 cm³/mol. The molecule has 2 rings (SSSR count). The maximum Gasteiger partial charge on any atom is 0.219 e. The van der Waals surface area contributed by atoms with Crippen LogP contribution in [0.1, 0.15) is 22.3 Å². The van der Waals surface area contributed by atoms with Gasteiger partial charge < -0.3 is 9.84 Å². The highest BCUT2D eigenvalue weighted by Crippen LogP contribution is 2.30. The number of hydrogen-bond acceptors (Lipinski definition) is 3. The van der Waals surface area contributed by atoms with Crippen molar-refractivity contribution < 1.29 is 9.84 Å². The largest absolute Gasteiger partial charge is 0.438 e. The van der Waals surface area contributed by atoms with E-state index in [0.717, 1.165) is 22.4 Å². The molecule has 0 saturated heterocycles. The molecule has 0 aliphatic carbocycles. The van der Waals surface area contributed by atoms with E-state index in [1.165, 1.54) is 6.20 Å². The number of halogens is 1. The van der Waals surface area contributed by atoms with E-state index in [1.54, 1.807) is 6.07 Å². The number of ether oxygens (including phenoxy) is 1. The predicted octanol–water partition coefficient (Wildman–Crippen LogP) is 3.94. The minimum Gasteiger partial charge on any atom is -0.438 e. The molecular formula is C15H16ClNO2. The molecule has 0 spiro atoms. The first kappa shape index (κ1) is 13.8. The normalized spacial score (nSPS) is 10.6. The first-order chi connectivity index (χ1) is 9.02. The molecule has 0 radical (unpaired) electrons. The van der Waals surface area contributed by atoms with Crippen molar-refractivity contribution in [3.63, 3.8) is 0 Å². The quantitative estimate of drug-likeness (QED) is 0.924. The lowest BCUT2D eigenvalue weighted by Gasteiger charge is -2.13. The summed E-state index contributed by atoms with van der Waals surface area (Å²) in [5.74, 6) is 1.24. The molecule has 4 heteroatoms. The SMILES string of the molecule is Cc1ccc(C)c(Oc2cc(CO)c(Cl)cn2)c1C. The molecule has 1 aromatic carbocycles. The summed E-state index contributed by atoms with van der Waals surface area (Å²) in [5, 5.41) is 9.63. The van der Waals surface area contributed by atoms with Crippen LogP contribution in [0.5, 0.6) is 11.6 Å². The molecule has 0 amide bonds. The van der Waals surface area contributed by atoms with E-state index in [1.807, 2.05) is 26.8 Å². The van der Waals surface area contributed by atoms with E-state index in [2.05, 4.69) is 11.1 Å². The van der Waals surface area contributed by atoms with Crippen molar-refractivity contribution in [3.05, 3.63) is 51.7 Å². The minimum absolute atomic E-state index is 0.135. The Balaban J connectivity index is 2.39. The van der Waals surface area contributed by atoms with Crippen molar-refractivity contribution >= 4 is 11.6 Å². The molecule has 0 fully saturated rings. The average molecular weight is 278 g/mol. The molecule has 0 unspecified atom stereocenters. The first-order valence-corrected chi connectivity index (χ1v) is 6.40. The van der Waals surface area contributed by atoms with Gasteiger partial charge in [-0.15, -0.1) is 0 Å². The van der Waals surface area contributed by atoms with Gasteiger partial charge in [-0.1, -0.05) is 23.7 Å². The molecule has 0 aliphatic rings. The van der Waals surface area contributed by atoms with Gasteiger partial charge in [0.1, 0.15) is 5.75 Å². The maximum absolute atomic E-state index is 9.19. The number of aliphatic hydroxyl groups excluding tert-OH is 1. The van der Waals surface area contributed by atoms with E-state index in [0.29, 0.717) is 16.5 Å².